The molecular formula is C66H45N3Si. The zero-order chi connectivity index (χ0) is 85.3. The lowest BCUT2D eigenvalue weighted by atomic mass is 10.0. The van der Waals surface area contributed by atoms with Crippen molar-refractivity contribution >= 4 is 94.2 Å². The third kappa shape index (κ3) is 6.00. The molecule has 3 heterocycles. The van der Waals surface area contributed by atoms with Gasteiger partial charge in [-0.1, -0.05) is 205 Å². The van der Waals surface area contributed by atoms with Crippen LogP contribution in [-0.4, -0.2) is 21.8 Å². The lowest BCUT2D eigenvalue weighted by molar-refractivity contribution is 1.16. The summed E-state index contributed by atoms with van der Waals surface area (Å²) in [5.41, 5.74) is -11.3. The van der Waals surface area contributed by atoms with Crippen molar-refractivity contribution in [1.29, 1.82) is 0 Å². The lowest BCUT2D eigenvalue weighted by Gasteiger charge is -2.34. The molecule has 0 saturated heterocycles. The highest BCUT2D eigenvalue weighted by molar-refractivity contribution is 7.20. The van der Waals surface area contributed by atoms with Crippen molar-refractivity contribution in [3.8, 4) is 28.2 Å². The maximum absolute atomic E-state index is 10.8. The molecule has 0 amide bonds. The monoisotopic (exact) mass is 953 g/mol. The van der Waals surface area contributed by atoms with Crippen LogP contribution in [0.25, 0.3) is 93.6 Å². The minimum atomic E-state index is -6.71. The Morgan fingerprint density at radius 1 is 0.257 bits per heavy atom. The second-order valence-corrected chi connectivity index (χ2v) is 18.5. The number of rotatable bonds is 8. The van der Waals surface area contributed by atoms with E-state index in [9.17, 15) is 35.6 Å². The number of fused-ring (bicyclic) bond motifs is 9. The number of aromatic nitrogens is 3. The molecule has 0 radical (unpaired) electrons. The first-order valence-electron chi connectivity index (χ1n) is 43.0. The van der Waals surface area contributed by atoms with E-state index in [2.05, 4.69) is 0 Å². The van der Waals surface area contributed by atoms with E-state index >= 15 is 0 Å². The molecule has 0 N–H and O–H groups in total. The summed E-state index contributed by atoms with van der Waals surface area (Å²) in [6.45, 7) is 0. The van der Waals surface area contributed by atoms with E-state index in [1.165, 1.54) is 0 Å². The Kier molecular flexibility index (Phi) is 3.57. The highest BCUT2D eigenvalue weighted by Gasteiger charge is 2.41. The van der Waals surface area contributed by atoms with Crippen LogP contribution in [0, 0.1) is 0 Å². The minimum absolute atomic E-state index is 0.433. The number of hydrogen-bond donors (Lipinski definition) is 0. The average Bonchev–Trinajstić information content (AvgIpc) is 1.66. The molecule has 0 spiro atoms. The predicted molar refractivity (Wildman–Crippen MR) is 299 cm³/mol. The lowest BCUT2D eigenvalue weighted by Crippen LogP contribution is -2.74. The average molecular weight is 953 g/mol. The van der Waals surface area contributed by atoms with Crippen LogP contribution in [0.2, 0.25) is 0 Å². The molecule has 0 unspecified atom stereocenters. The second kappa shape index (κ2) is 16.1. The van der Waals surface area contributed by atoms with E-state index in [0.717, 1.165) is 0 Å². The van der Waals surface area contributed by atoms with Gasteiger partial charge in [-0.15, -0.1) is 0 Å². The first kappa shape index (κ1) is 15.5. The fourth-order valence-electron chi connectivity index (χ4n) is 8.70. The third-order valence-corrected chi connectivity index (χ3v) is 15.5. The fourth-order valence-corrected chi connectivity index (χ4v) is 12.3. The number of benzene rings is 11. The maximum atomic E-state index is 10.8. The molecule has 0 aliphatic heterocycles. The van der Waals surface area contributed by atoms with Crippen molar-refractivity contribution in [2.24, 2.45) is 0 Å². The summed E-state index contributed by atoms with van der Waals surface area (Å²) in [5.74, 6) is 0. The van der Waals surface area contributed by atoms with Gasteiger partial charge in [-0.05, 0) is 92.8 Å². The molecule has 14 rings (SSSR count). The Hall–Kier alpha value is -8.96. The highest BCUT2D eigenvalue weighted by Crippen LogP contribution is 2.41. The van der Waals surface area contributed by atoms with Crippen LogP contribution >= 0.6 is 0 Å². The zero-order valence-corrected chi connectivity index (χ0v) is 35.8. The van der Waals surface area contributed by atoms with Gasteiger partial charge in [-0.3, -0.25) is 0 Å². The molecule has 14 aromatic rings. The quantitative estimate of drug-likeness (QED) is 0.106. The van der Waals surface area contributed by atoms with Crippen molar-refractivity contribution in [3.05, 3.63) is 272 Å². The molecular weight excluding hydrogens is 863 g/mol. The first-order chi connectivity index (χ1) is 53.5. The van der Waals surface area contributed by atoms with Crippen LogP contribution in [0.5, 0.6) is 0 Å². The topological polar surface area (TPSA) is 14.8 Å². The molecule has 3 nitrogen and oxygen atoms in total. The molecule has 0 atom stereocenters. The van der Waals surface area contributed by atoms with Crippen molar-refractivity contribution in [2.45, 2.75) is 0 Å². The van der Waals surface area contributed by atoms with Crippen LogP contribution in [0.3, 0.4) is 0 Å². The Labute approximate surface area is 470 Å². The van der Waals surface area contributed by atoms with Crippen LogP contribution in [0.4, 0.5) is 0 Å². The molecule has 0 saturated carbocycles. The van der Waals surface area contributed by atoms with Crippen molar-refractivity contribution in [3.63, 3.8) is 0 Å². The van der Waals surface area contributed by atoms with Crippen LogP contribution in [0.15, 0.2) is 272 Å². The van der Waals surface area contributed by atoms with Crippen LogP contribution < -0.4 is 20.7 Å². The molecule has 328 valence electrons. The van der Waals surface area contributed by atoms with Gasteiger partial charge in [0.05, 0.1) is 100 Å². The van der Waals surface area contributed by atoms with Gasteiger partial charge in [0, 0.05) is 49.3 Å². The minimum Gasteiger partial charge on any atom is -0.309 e. The number of para-hydroxylation sites is 5. The van der Waals surface area contributed by atoms with E-state index < -0.39 is 394 Å². The zero-order valence-electron chi connectivity index (χ0n) is 79.8. The summed E-state index contributed by atoms with van der Waals surface area (Å²) in [4.78, 5) is 0. The summed E-state index contributed by atoms with van der Waals surface area (Å²) in [6, 6.07) is -55.7. The van der Waals surface area contributed by atoms with E-state index in [4.69, 9.17) is 26.0 Å². The van der Waals surface area contributed by atoms with Crippen molar-refractivity contribution in [2.75, 3.05) is 0 Å². The largest absolute Gasteiger partial charge is 0.309 e. The smallest absolute Gasteiger partial charge is 0.179 e. The molecule has 70 heavy (non-hydrogen) atoms. The maximum Gasteiger partial charge on any atom is 0.179 e. The Bertz CT molecular complexity index is 6750. The Morgan fingerprint density at radius 2 is 0.686 bits per heavy atom. The molecule has 0 bridgehead atoms. The molecule has 11 aromatic carbocycles. The second-order valence-electron chi connectivity index (χ2n) is 15.0. The van der Waals surface area contributed by atoms with E-state index in [-0.39, 0.29) is 0 Å². The van der Waals surface area contributed by atoms with Gasteiger partial charge in [0.1, 0.15) is 0 Å². The van der Waals surface area contributed by atoms with Gasteiger partial charge in [0.2, 0.25) is 0 Å². The van der Waals surface area contributed by atoms with Gasteiger partial charge in [0.15, 0.2) is 8.07 Å². The molecule has 0 aliphatic rings. The van der Waals surface area contributed by atoms with Gasteiger partial charge < -0.3 is 13.7 Å². The standard InChI is InChI=1S/C66H45N3Si/c1-5-21-47(22-6-1)67-62-35-19-15-31-55(62)58-44-48(38-41-64(58)67)68-61-34-18-14-30-54(61)57-40-37-46(43-66(57)68)53-29-13-17-33-60(53)69-63-36-20-16-32-56(63)59-45-52(39-42-65(59)69)70(49-23-7-2-8-24-49,50-25-9-3-10-26-50)51-27-11-4-12-28-51/h1-45H/i1D,2D,3D,4D,5D,6D,7D,8D,9D,10D,11D,12D,13D,14D,15D,16D,17D,18D,19D,20D,21D,22D,23D,24D,25D,26D,27D,28D,29D,30D,31D,32D,33D,34D,35D,36D,37D,38D,39D,40D,41D,42D,43D,44D,45D. The Morgan fingerprint density at radius 3 is 1.30 bits per heavy atom. The van der Waals surface area contributed by atoms with E-state index in [1.807, 2.05) is 0 Å². The van der Waals surface area contributed by atoms with Gasteiger partial charge in [-0.25, -0.2) is 0 Å². The summed E-state index contributed by atoms with van der Waals surface area (Å²) < 4.78 is 426. The summed E-state index contributed by atoms with van der Waals surface area (Å²) >= 11 is 0. The molecule has 3 aromatic heterocycles. The van der Waals surface area contributed by atoms with Gasteiger partial charge in [-0.2, -0.15) is 0 Å². The van der Waals surface area contributed by atoms with Gasteiger partial charge >= 0.3 is 0 Å². The number of hydrogen-bond acceptors (Lipinski definition) is 0. The van der Waals surface area contributed by atoms with Crippen molar-refractivity contribution in [1.82, 2.24) is 13.7 Å². The number of nitrogens with zero attached hydrogens (tertiary/aromatic N) is 3. The fraction of sp³-hybridized carbons (Fsp3) is 0. The molecule has 4 heteroatoms. The molecule has 0 aliphatic carbocycles. The SMILES string of the molecule is [2H]c1c([2H])c([2H])c(-n2c3c([2H])c([2H])c([2H])c([2H])c3c3c([2H])c(-n4c5c([2H])c([2H])c([2H])c([2H])c5c5c([2H])c([2H])c(-c6c([2H])c([2H])c([2H])c([2H])c6-n6c7c([2H])c([2H])c([2H])c([2H])c7c7c([2H])c([Si](c8c([2H])c([2H])c([2H])c([2H])c8[2H])(c8c([2H])c([2H])c([2H])c([2H])c8[2H])c8c([2H])c([2H])c([2H])c([2H])c8[2H])c([2H])c([2H])c76)c([2H])c54)c([2H])c([2H])c32)c([2H])c1[2H]. The summed E-state index contributed by atoms with van der Waals surface area (Å²) in [7, 11) is -6.71. The molecule has 0 fully saturated rings. The van der Waals surface area contributed by atoms with E-state index in [0.29, 0.717) is 13.7 Å². The van der Waals surface area contributed by atoms with Crippen molar-refractivity contribution < 1.29 is 61.7 Å². The summed E-state index contributed by atoms with van der Waals surface area (Å²) in [6.07, 6.45) is 0. The Balaban J connectivity index is 1.24. The predicted octanol–water partition coefficient (Wildman–Crippen LogP) is 14.0. The first-order valence-corrected chi connectivity index (χ1v) is 22.5. The van der Waals surface area contributed by atoms with Crippen LogP contribution in [0.1, 0.15) is 61.7 Å². The van der Waals surface area contributed by atoms with E-state index in [1.54, 1.807) is 0 Å². The third-order valence-electron chi connectivity index (χ3n) is 11.5. The van der Waals surface area contributed by atoms with Gasteiger partial charge in [0.25, 0.3) is 0 Å². The summed E-state index contributed by atoms with van der Waals surface area (Å²) in [5, 5.41) is -10.6. The highest BCUT2D eigenvalue weighted by atomic mass is 28.3. The normalized spacial score (nSPS) is 21.0. The van der Waals surface area contributed by atoms with Crippen LogP contribution in [-0.2, 0) is 0 Å².